The standard InChI is InChI=1S/C14H14N6/c1-3-13(18-8-14-7-15-5-6-17-14)4-2-12(1)9-20-11-16-10-19-20/h1-7,10-11,18H,8-9H2. The number of hydrogen-bond donors (Lipinski definition) is 1. The fraction of sp³-hybridized carbons (Fsp3) is 0.143. The smallest absolute Gasteiger partial charge is 0.137 e. The molecule has 2 heterocycles. The number of benzene rings is 1. The van der Waals surface area contributed by atoms with E-state index in [2.05, 4.69) is 37.5 Å². The highest BCUT2D eigenvalue weighted by Crippen LogP contribution is 2.11. The van der Waals surface area contributed by atoms with Crippen molar-refractivity contribution in [3.05, 3.63) is 66.8 Å². The first-order chi connectivity index (χ1) is 9.90. The van der Waals surface area contributed by atoms with Crippen LogP contribution in [0.15, 0.2) is 55.5 Å². The lowest BCUT2D eigenvalue weighted by molar-refractivity contribution is 0.685. The van der Waals surface area contributed by atoms with Gasteiger partial charge >= 0.3 is 0 Å². The Morgan fingerprint density at radius 3 is 2.65 bits per heavy atom. The lowest BCUT2D eigenvalue weighted by atomic mass is 10.2. The van der Waals surface area contributed by atoms with Crippen LogP contribution in [0.5, 0.6) is 0 Å². The van der Waals surface area contributed by atoms with Crippen molar-refractivity contribution in [3.8, 4) is 0 Å². The van der Waals surface area contributed by atoms with Gasteiger partial charge in [-0.25, -0.2) is 9.67 Å². The van der Waals surface area contributed by atoms with Crippen molar-refractivity contribution in [1.82, 2.24) is 24.7 Å². The molecule has 2 aromatic heterocycles. The van der Waals surface area contributed by atoms with Crippen molar-refractivity contribution in [2.45, 2.75) is 13.1 Å². The Hall–Kier alpha value is -2.76. The molecule has 0 amide bonds. The Morgan fingerprint density at radius 2 is 1.95 bits per heavy atom. The Kier molecular flexibility index (Phi) is 3.64. The van der Waals surface area contributed by atoms with E-state index in [1.165, 1.54) is 11.9 Å². The summed E-state index contributed by atoms with van der Waals surface area (Å²) in [7, 11) is 0. The third kappa shape index (κ3) is 3.17. The first-order valence-corrected chi connectivity index (χ1v) is 6.30. The molecule has 0 atom stereocenters. The van der Waals surface area contributed by atoms with Gasteiger partial charge in [0.15, 0.2) is 0 Å². The highest BCUT2D eigenvalue weighted by atomic mass is 15.3. The topological polar surface area (TPSA) is 68.5 Å². The minimum absolute atomic E-state index is 0.663. The van der Waals surface area contributed by atoms with E-state index in [4.69, 9.17) is 0 Å². The molecule has 6 nitrogen and oxygen atoms in total. The van der Waals surface area contributed by atoms with E-state index in [1.54, 1.807) is 29.6 Å². The lowest BCUT2D eigenvalue weighted by Crippen LogP contribution is -2.03. The summed E-state index contributed by atoms with van der Waals surface area (Å²) in [5.74, 6) is 0. The summed E-state index contributed by atoms with van der Waals surface area (Å²) >= 11 is 0. The van der Waals surface area contributed by atoms with Crippen molar-refractivity contribution in [3.63, 3.8) is 0 Å². The van der Waals surface area contributed by atoms with Crippen molar-refractivity contribution in [2.24, 2.45) is 0 Å². The number of rotatable bonds is 5. The highest BCUT2D eigenvalue weighted by molar-refractivity contribution is 5.44. The van der Waals surface area contributed by atoms with Gasteiger partial charge < -0.3 is 5.32 Å². The summed E-state index contributed by atoms with van der Waals surface area (Å²) in [5.41, 5.74) is 3.15. The van der Waals surface area contributed by atoms with E-state index in [-0.39, 0.29) is 0 Å². The predicted octanol–water partition coefficient (Wildman–Crippen LogP) is 1.73. The number of aromatic nitrogens is 5. The van der Waals surface area contributed by atoms with Gasteiger partial charge in [-0.2, -0.15) is 5.10 Å². The third-order valence-electron chi connectivity index (χ3n) is 2.86. The molecule has 0 spiro atoms. The predicted molar refractivity (Wildman–Crippen MR) is 74.9 cm³/mol. The summed E-state index contributed by atoms with van der Waals surface area (Å²) in [6.45, 7) is 1.39. The molecule has 100 valence electrons. The Balaban J connectivity index is 1.59. The molecule has 0 fully saturated rings. The van der Waals surface area contributed by atoms with Gasteiger partial charge in [-0.05, 0) is 17.7 Å². The van der Waals surface area contributed by atoms with Crippen molar-refractivity contribution < 1.29 is 0 Å². The van der Waals surface area contributed by atoms with Gasteiger partial charge in [-0.3, -0.25) is 9.97 Å². The molecule has 0 aliphatic heterocycles. The van der Waals surface area contributed by atoms with E-state index in [1.807, 2.05) is 12.1 Å². The Bertz CT molecular complexity index is 633. The summed E-state index contributed by atoms with van der Waals surface area (Å²) in [5, 5.41) is 7.39. The first kappa shape index (κ1) is 12.3. The second-order valence-corrected chi connectivity index (χ2v) is 4.34. The van der Waals surface area contributed by atoms with Crippen LogP contribution in [0.1, 0.15) is 11.3 Å². The number of nitrogens with one attached hydrogen (secondary N) is 1. The largest absolute Gasteiger partial charge is 0.379 e. The van der Waals surface area contributed by atoms with Crippen LogP contribution in [-0.2, 0) is 13.1 Å². The van der Waals surface area contributed by atoms with Gasteiger partial charge in [0.05, 0.1) is 25.0 Å². The second kappa shape index (κ2) is 5.92. The van der Waals surface area contributed by atoms with Crippen LogP contribution in [-0.4, -0.2) is 24.7 Å². The molecule has 0 saturated carbocycles. The van der Waals surface area contributed by atoms with Gasteiger partial charge in [0.2, 0.25) is 0 Å². The summed E-state index contributed by atoms with van der Waals surface area (Å²) in [6, 6.07) is 8.23. The van der Waals surface area contributed by atoms with Crippen molar-refractivity contribution >= 4 is 5.69 Å². The molecule has 0 radical (unpaired) electrons. The summed E-state index contributed by atoms with van der Waals surface area (Å²) in [4.78, 5) is 12.2. The van der Waals surface area contributed by atoms with Crippen LogP contribution in [0, 0.1) is 0 Å². The molecular weight excluding hydrogens is 252 g/mol. The van der Waals surface area contributed by atoms with Crippen molar-refractivity contribution in [2.75, 3.05) is 5.32 Å². The highest BCUT2D eigenvalue weighted by Gasteiger charge is 1.98. The zero-order valence-corrected chi connectivity index (χ0v) is 10.8. The minimum atomic E-state index is 0.663. The van der Waals surface area contributed by atoms with E-state index in [0.29, 0.717) is 6.54 Å². The molecule has 0 aliphatic carbocycles. The lowest BCUT2D eigenvalue weighted by Gasteiger charge is -2.07. The SMILES string of the molecule is c1cnc(CNc2ccc(Cn3cncn3)cc2)cn1. The van der Waals surface area contributed by atoms with E-state index in [0.717, 1.165) is 17.9 Å². The number of anilines is 1. The zero-order valence-electron chi connectivity index (χ0n) is 10.8. The average Bonchev–Trinajstić information content (AvgIpc) is 3.01. The van der Waals surface area contributed by atoms with Crippen LogP contribution in [0.2, 0.25) is 0 Å². The molecular formula is C14H14N6. The zero-order chi connectivity index (χ0) is 13.6. The molecule has 3 aromatic rings. The van der Waals surface area contributed by atoms with Gasteiger partial charge in [0, 0.05) is 18.1 Å². The maximum Gasteiger partial charge on any atom is 0.137 e. The van der Waals surface area contributed by atoms with E-state index < -0.39 is 0 Å². The minimum Gasteiger partial charge on any atom is -0.379 e. The molecule has 0 saturated heterocycles. The van der Waals surface area contributed by atoms with Crippen molar-refractivity contribution in [1.29, 1.82) is 0 Å². The maximum atomic E-state index is 4.22. The molecule has 3 rings (SSSR count). The Morgan fingerprint density at radius 1 is 1.05 bits per heavy atom. The number of hydrogen-bond acceptors (Lipinski definition) is 5. The van der Waals surface area contributed by atoms with Gasteiger partial charge in [0.1, 0.15) is 12.7 Å². The van der Waals surface area contributed by atoms with Gasteiger partial charge in [-0.15, -0.1) is 0 Å². The quantitative estimate of drug-likeness (QED) is 0.761. The van der Waals surface area contributed by atoms with Crippen LogP contribution >= 0.6 is 0 Å². The molecule has 1 N–H and O–H groups in total. The third-order valence-corrected chi connectivity index (χ3v) is 2.86. The number of nitrogens with zero attached hydrogens (tertiary/aromatic N) is 5. The molecule has 0 unspecified atom stereocenters. The normalized spacial score (nSPS) is 10.4. The fourth-order valence-corrected chi connectivity index (χ4v) is 1.84. The summed E-state index contributed by atoms with van der Waals surface area (Å²) in [6.07, 6.45) is 8.36. The monoisotopic (exact) mass is 266 g/mol. The van der Waals surface area contributed by atoms with E-state index >= 15 is 0 Å². The molecule has 1 aromatic carbocycles. The van der Waals surface area contributed by atoms with Crippen LogP contribution < -0.4 is 5.32 Å². The van der Waals surface area contributed by atoms with Gasteiger partial charge in [0.25, 0.3) is 0 Å². The fourth-order valence-electron chi connectivity index (χ4n) is 1.84. The van der Waals surface area contributed by atoms with Crippen LogP contribution in [0.3, 0.4) is 0 Å². The molecule has 0 aliphatic rings. The Labute approximate surface area is 116 Å². The molecule has 6 heteroatoms. The van der Waals surface area contributed by atoms with Gasteiger partial charge in [-0.1, -0.05) is 12.1 Å². The molecule has 20 heavy (non-hydrogen) atoms. The second-order valence-electron chi connectivity index (χ2n) is 4.34. The average molecular weight is 266 g/mol. The first-order valence-electron chi connectivity index (χ1n) is 6.30. The van der Waals surface area contributed by atoms with Crippen LogP contribution in [0.4, 0.5) is 5.69 Å². The molecule has 0 bridgehead atoms. The maximum absolute atomic E-state index is 4.22. The summed E-state index contributed by atoms with van der Waals surface area (Å²) < 4.78 is 1.79. The van der Waals surface area contributed by atoms with E-state index in [9.17, 15) is 0 Å². The van der Waals surface area contributed by atoms with Crippen LogP contribution in [0.25, 0.3) is 0 Å².